The van der Waals surface area contributed by atoms with Crippen LogP contribution in [0.25, 0.3) is 33.5 Å². The Labute approximate surface area is 245 Å². The van der Waals surface area contributed by atoms with Gasteiger partial charge in [-0.3, -0.25) is 0 Å². The fourth-order valence-corrected chi connectivity index (χ4v) is 4.59. The first-order chi connectivity index (χ1) is 20.5. The number of carboxylic acid groups (broad SMARTS) is 1. The number of halogens is 4. The third-order valence-electron chi connectivity index (χ3n) is 6.74. The van der Waals surface area contributed by atoms with E-state index >= 15 is 0 Å². The number of aromatic amines is 1. The third-order valence-corrected chi connectivity index (χ3v) is 6.74. The smallest absolute Gasteiger partial charge is 0.475 e. The number of carbonyl (C=O) groups is 2. The molecule has 8 nitrogen and oxygen atoms in total. The Morgan fingerprint density at radius 3 is 2.51 bits per heavy atom. The minimum Gasteiger partial charge on any atom is -0.475 e. The molecular formula is C31H30F4N4O4. The molecule has 0 spiro atoms. The first-order valence-corrected chi connectivity index (χ1v) is 13.4. The van der Waals surface area contributed by atoms with Gasteiger partial charge in [-0.05, 0) is 53.3 Å². The Hall–Kier alpha value is -4.71. The lowest BCUT2D eigenvalue weighted by Crippen LogP contribution is -2.31. The van der Waals surface area contributed by atoms with Crippen LogP contribution < -0.4 is 5.32 Å². The number of nitrogens with zero attached hydrogens (tertiary/aromatic N) is 2. The highest BCUT2D eigenvalue weighted by atomic mass is 19.4. The lowest BCUT2D eigenvalue weighted by Gasteiger charge is -2.16. The van der Waals surface area contributed by atoms with E-state index in [1.807, 2.05) is 12.1 Å². The van der Waals surface area contributed by atoms with Gasteiger partial charge in [-0.25, -0.2) is 19.0 Å². The maximum atomic E-state index is 13.5. The van der Waals surface area contributed by atoms with Gasteiger partial charge in [0.05, 0.1) is 11.0 Å². The van der Waals surface area contributed by atoms with E-state index in [4.69, 9.17) is 14.6 Å². The zero-order chi connectivity index (χ0) is 31.0. The summed E-state index contributed by atoms with van der Waals surface area (Å²) in [7, 11) is 0. The zero-order valence-corrected chi connectivity index (χ0v) is 23.0. The van der Waals surface area contributed by atoms with Crippen LogP contribution in [-0.2, 0) is 16.1 Å². The van der Waals surface area contributed by atoms with Crippen LogP contribution in [0.3, 0.4) is 0 Å². The van der Waals surface area contributed by atoms with Crippen molar-refractivity contribution in [2.45, 2.75) is 19.1 Å². The molecule has 0 bridgehead atoms. The summed E-state index contributed by atoms with van der Waals surface area (Å²) in [4.78, 5) is 30.4. The molecule has 1 amide bonds. The lowest BCUT2D eigenvalue weighted by atomic mass is 10.0. The maximum Gasteiger partial charge on any atom is 0.490 e. The lowest BCUT2D eigenvalue weighted by molar-refractivity contribution is -0.192. The highest BCUT2D eigenvalue weighted by Crippen LogP contribution is 2.27. The van der Waals surface area contributed by atoms with E-state index < -0.39 is 12.1 Å². The summed E-state index contributed by atoms with van der Waals surface area (Å²) in [6, 6.07) is 21.2. The Balaban J connectivity index is 0.000000541. The Morgan fingerprint density at radius 1 is 1.09 bits per heavy atom. The van der Waals surface area contributed by atoms with Crippen molar-refractivity contribution in [1.82, 2.24) is 20.2 Å². The SMILES string of the molecule is C=CCOC(=O)N1CCC(CNCc2ccc(-c3cccc(-c4nc5ccc(F)cc5[nH]4)c3)cc2)C1.O=C(O)C(F)(F)F. The summed E-state index contributed by atoms with van der Waals surface area (Å²) in [5.74, 6) is -1.89. The van der Waals surface area contributed by atoms with Crippen molar-refractivity contribution < 1.29 is 37.0 Å². The van der Waals surface area contributed by atoms with Gasteiger partial charge in [-0.15, -0.1) is 0 Å². The number of nitrogens with one attached hydrogen (secondary N) is 2. The first kappa shape index (κ1) is 31.2. The second kappa shape index (κ2) is 14.0. The second-order valence-electron chi connectivity index (χ2n) is 9.92. The molecule has 1 unspecified atom stereocenters. The molecule has 1 aliphatic rings. The van der Waals surface area contributed by atoms with Gasteiger partial charge in [-0.1, -0.05) is 55.1 Å². The van der Waals surface area contributed by atoms with Gasteiger partial charge in [0.15, 0.2) is 0 Å². The van der Waals surface area contributed by atoms with Crippen molar-refractivity contribution in [3.05, 3.63) is 90.8 Å². The predicted molar refractivity (Wildman–Crippen MR) is 154 cm³/mol. The Morgan fingerprint density at radius 2 is 1.81 bits per heavy atom. The molecule has 1 fully saturated rings. The van der Waals surface area contributed by atoms with Gasteiger partial charge in [0.2, 0.25) is 0 Å². The van der Waals surface area contributed by atoms with E-state index in [2.05, 4.69) is 58.3 Å². The molecule has 4 aromatic rings. The minimum atomic E-state index is -5.08. The molecule has 1 saturated heterocycles. The van der Waals surface area contributed by atoms with Gasteiger partial charge in [0, 0.05) is 31.7 Å². The minimum absolute atomic E-state index is 0.250. The molecule has 0 aliphatic carbocycles. The van der Waals surface area contributed by atoms with Gasteiger partial charge < -0.3 is 25.0 Å². The maximum absolute atomic E-state index is 13.5. The molecule has 3 aromatic carbocycles. The monoisotopic (exact) mass is 598 g/mol. The number of carbonyl (C=O) groups excluding carboxylic acids is 1. The number of aromatic nitrogens is 2. The summed E-state index contributed by atoms with van der Waals surface area (Å²) in [5.41, 5.74) is 5.79. The van der Waals surface area contributed by atoms with Crippen LogP contribution in [-0.4, -0.2) is 64.5 Å². The average molecular weight is 599 g/mol. The number of rotatable bonds is 8. The molecule has 12 heteroatoms. The number of carboxylic acids is 1. The predicted octanol–water partition coefficient (Wildman–Crippen LogP) is 6.40. The van der Waals surface area contributed by atoms with Gasteiger partial charge in [0.25, 0.3) is 0 Å². The van der Waals surface area contributed by atoms with Gasteiger partial charge in [0.1, 0.15) is 18.2 Å². The van der Waals surface area contributed by atoms with Crippen LogP contribution in [0.15, 0.2) is 79.4 Å². The summed E-state index contributed by atoms with van der Waals surface area (Å²) in [6.45, 7) is 6.91. The molecule has 226 valence electrons. The number of fused-ring (bicyclic) bond motifs is 1. The third kappa shape index (κ3) is 8.65. The molecule has 43 heavy (non-hydrogen) atoms. The molecule has 1 aromatic heterocycles. The van der Waals surface area contributed by atoms with Crippen LogP contribution in [0.4, 0.5) is 22.4 Å². The van der Waals surface area contributed by atoms with E-state index in [0.717, 1.165) is 60.6 Å². The van der Waals surface area contributed by atoms with Crippen molar-refractivity contribution in [2.24, 2.45) is 5.92 Å². The van der Waals surface area contributed by atoms with Crippen LogP contribution in [0.2, 0.25) is 0 Å². The number of hydrogen-bond acceptors (Lipinski definition) is 5. The van der Waals surface area contributed by atoms with Crippen molar-refractivity contribution >= 4 is 23.1 Å². The summed E-state index contributed by atoms with van der Waals surface area (Å²) in [6.07, 6.45) is -2.78. The molecule has 5 rings (SSSR count). The van der Waals surface area contributed by atoms with Crippen molar-refractivity contribution in [1.29, 1.82) is 0 Å². The zero-order valence-electron chi connectivity index (χ0n) is 23.0. The molecule has 2 heterocycles. The van der Waals surface area contributed by atoms with E-state index in [1.54, 1.807) is 17.0 Å². The molecule has 1 aliphatic heterocycles. The summed E-state index contributed by atoms with van der Waals surface area (Å²) >= 11 is 0. The number of benzene rings is 3. The Bertz CT molecular complexity index is 1570. The van der Waals surface area contributed by atoms with Crippen LogP contribution in [0, 0.1) is 11.7 Å². The van der Waals surface area contributed by atoms with Crippen molar-refractivity contribution in [3.63, 3.8) is 0 Å². The molecule has 3 N–H and O–H groups in total. The fraction of sp³-hybridized carbons (Fsp3) is 0.258. The molecular weight excluding hydrogens is 568 g/mol. The van der Waals surface area contributed by atoms with E-state index in [0.29, 0.717) is 11.4 Å². The largest absolute Gasteiger partial charge is 0.490 e. The molecule has 0 saturated carbocycles. The van der Waals surface area contributed by atoms with Crippen LogP contribution in [0.5, 0.6) is 0 Å². The number of aliphatic carboxylic acids is 1. The van der Waals surface area contributed by atoms with E-state index in [1.165, 1.54) is 17.7 Å². The van der Waals surface area contributed by atoms with E-state index in [9.17, 15) is 22.4 Å². The topological polar surface area (TPSA) is 108 Å². The normalized spacial score (nSPS) is 14.7. The summed E-state index contributed by atoms with van der Waals surface area (Å²) < 4.78 is 50.4. The quantitative estimate of drug-likeness (QED) is 0.160. The van der Waals surface area contributed by atoms with Crippen LogP contribution >= 0.6 is 0 Å². The highest BCUT2D eigenvalue weighted by Gasteiger charge is 2.38. The molecule has 1 atom stereocenters. The second-order valence-corrected chi connectivity index (χ2v) is 9.92. The number of H-pyrrole nitrogens is 1. The van der Waals surface area contributed by atoms with Crippen molar-refractivity contribution in [2.75, 3.05) is 26.2 Å². The van der Waals surface area contributed by atoms with Crippen molar-refractivity contribution in [3.8, 4) is 22.5 Å². The molecule has 0 radical (unpaired) electrons. The highest BCUT2D eigenvalue weighted by molar-refractivity contribution is 5.80. The Kier molecular flexibility index (Phi) is 10.1. The average Bonchev–Trinajstić information content (AvgIpc) is 3.63. The fourth-order valence-electron chi connectivity index (χ4n) is 4.59. The van der Waals surface area contributed by atoms with Gasteiger partial charge in [-0.2, -0.15) is 13.2 Å². The number of amides is 1. The van der Waals surface area contributed by atoms with E-state index in [-0.39, 0.29) is 18.5 Å². The number of hydrogen-bond donors (Lipinski definition) is 3. The number of imidazole rings is 1. The standard InChI is InChI=1S/C29H29FN4O2.C2HF3O2/c1-2-14-36-29(35)34-13-12-21(19-34)18-31-17-20-6-8-22(9-7-20)23-4-3-5-24(15-23)28-32-26-11-10-25(30)16-27(26)33-28;3-2(4,5)1(6)7/h2-11,15-16,21,31H,1,12-14,17-19H2,(H,32,33);(H,6,7). The number of ether oxygens (including phenoxy) is 1. The number of alkyl halides is 3. The number of likely N-dealkylation sites (tertiary alicyclic amines) is 1. The summed E-state index contributed by atoms with van der Waals surface area (Å²) in [5, 5.41) is 10.6. The van der Waals surface area contributed by atoms with Gasteiger partial charge >= 0.3 is 18.2 Å². The van der Waals surface area contributed by atoms with Crippen LogP contribution in [0.1, 0.15) is 12.0 Å². The first-order valence-electron chi connectivity index (χ1n) is 13.4.